The van der Waals surface area contributed by atoms with Crippen molar-refractivity contribution in [1.29, 1.82) is 5.26 Å². The first-order chi connectivity index (χ1) is 12.7. The smallest absolute Gasteiger partial charge is 0.397 e. The molecule has 0 spiro atoms. The summed E-state index contributed by atoms with van der Waals surface area (Å²) in [6, 6.07) is 4.18. The van der Waals surface area contributed by atoms with Gasteiger partial charge >= 0.3 is 6.18 Å². The zero-order chi connectivity index (χ0) is 19.8. The summed E-state index contributed by atoms with van der Waals surface area (Å²) in [6.07, 6.45) is -3.23. The lowest BCUT2D eigenvalue weighted by Crippen LogP contribution is -2.47. The van der Waals surface area contributed by atoms with E-state index >= 15 is 0 Å². The first-order valence-electron chi connectivity index (χ1n) is 8.42. The van der Waals surface area contributed by atoms with Gasteiger partial charge in [-0.15, -0.1) is 0 Å². The van der Waals surface area contributed by atoms with Crippen LogP contribution in [0.3, 0.4) is 0 Å². The Morgan fingerprint density at radius 2 is 1.78 bits per heavy atom. The molecule has 2 N–H and O–H groups in total. The van der Waals surface area contributed by atoms with E-state index in [1.165, 1.54) is 6.20 Å². The Morgan fingerprint density at radius 3 is 2.37 bits per heavy atom. The van der Waals surface area contributed by atoms with Crippen molar-refractivity contribution >= 4 is 17.3 Å². The predicted molar refractivity (Wildman–Crippen MR) is 96.5 cm³/mol. The highest BCUT2D eigenvalue weighted by Crippen LogP contribution is 2.32. The van der Waals surface area contributed by atoms with Crippen molar-refractivity contribution in [1.82, 2.24) is 9.97 Å². The van der Waals surface area contributed by atoms with E-state index in [1.54, 1.807) is 18.7 Å². The van der Waals surface area contributed by atoms with Gasteiger partial charge in [-0.2, -0.15) is 18.4 Å². The minimum atomic E-state index is -4.40. The Labute approximate surface area is 155 Å². The summed E-state index contributed by atoms with van der Waals surface area (Å²) in [7, 11) is 0. The number of nitrogens with two attached hydrogens (primary N) is 1. The largest absolute Gasteiger partial charge is 0.416 e. The number of anilines is 3. The van der Waals surface area contributed by atoms with Gasteiger partial charge in [0.2, 0.25) is 0 Å². The van der Waals surface area contributed by atoms with Crippen LogP contribution in [0.2, 0.25) is 0 Å². The van der Waals surface area contributed by atoms with E-state index in [4.69, 9.17) is 5.73 Å². The summed E-state index contributed by atoms with van der Waals surface area (Å²) in [6.45, 7) is 5.56. The van der Waals surface area contributed by atoms with Crippen molar-refractivity contribution in [2.45, 2.75) is 20.0 Å². The monoisotopic (exact) mass is 376 g/mol. The number of hydrogen-bond acceptors (Lipinski definition) is 6. The lowest BCUT2D eigenvalue weighted by Gasteiger charge is -2.36. The van der Waals surface area contributed by atoms with Gasteiger partial charge in [-0.3, -0.25) is 0 Å². The fraction of sp³-hybridized carbons (Fsp3) is 0.389. The number of nitriles is 1. The Hall–Kier alpha value is -3.02. The third-order valence-corrected chi connectivity index (χ3v) is 4.75. The number of nitrogen functional groups attached to an aromatic ring is 1. The molecule has 0 bridgehead atoms. The molecule has 27 heavy (non-hydrogen) atoms. The molecule has 1 aliphatic rings. The van der Waals surface area contributed by atoms with Crippen LogP contribution < -0.4 is 15.5 Å². The van der Waals surface area contributed by atoms with Crippen LogP contribution in [-0.2, 0) is 6.18 Å². The lowest BCUT2D eigenvalue weighted by molar-refractivity contribution is -0.137. The van der Waals surface area contributed by atoms with Crippen LogP contribution in [0.25, 0.3) is 0 Å². The molecule has 0 atom stereocenters. The third kappa shape index (κ3) is 3.60. The normalized spacial score (nSPS) is 15.0. The van der Waals surface area contributed by atoms with Crippen molar-refractivity contribution in [3.63, 3.8) is 0 Å². The van der Waals surface area contributed by atoms with Gasteiger partial charge < -0.3 is 15.5 Å². The minimum Gasteiger partial charge on any atom is -0.397 e. The quantitative estimate of drug-likeness (QED) is 0.868. The van der Waals surface area contributed by atoms with Crippen LogP contribution in [0, 0.1) is 25.2 Å². The first kappa shape index (κ1) is 18.8. The van der Waals surface area contributed by atoms with E-state index in [-0.39, 0.29) is 0 Å². The molecule has 6 nitrogen and oxygen atoms in total. The maximum Gasteiger partial charge on any atom is 0.416 e. The molecule has 0 unspecified atom stereocenters. The van der Waals surface area contributed by atoms with Gasteiger partial charge in [0.25, 0.3) is 0 Å². The first-order valence-corrected chi connectivity index (χ1v) is 8.42. The molecule has 3 rings (SSSR count). The molecule has 1 fully saturated rings. The molecule has 2 aromatic rings. The minimum absolute atomic E-state index is 0.294. The zero-order valence-corrected chi connectivity index (χ0v) is 15.0. The SMILES string of the molecule is Cc1nc(N2CCN(c3cc(C(F)(F)F)ccn3)CC2)c(C#N)c(C)c1N. The molecule has 2 aromatic heterocycles. The molecule has 0 radical (unpaired) electrons. The summed E-state index contributed by atoms with van der Waals surface area (Å²) in [5.41, 5.74) is 7.54. The zero-order valence-electron chi connectivity index (χ0n) is 15.0. The number of piperazine rings is 1. The molecular weight excluding hydrogens is 357 g/mol. The van der Waals surface area contributed by atoms with Gasteiger partial charge in [-0.05, 0) is 31.5 Å². The average Bonchev–Trinajstić information content (AvgIpc) is 2.65. The number of hydrogen-bond donors (Lipinski definition) is 1. The van der Waals surface area contributed by atoms with Crippen LogP contribution in [0.15, 0.2) is 18.3 Å². The predicted octanol–water partition coefficient (Wildman–Crippen LogP) is 2.89. The van der Waals surface area contributed by atoms with E-state index in [2.05, 4.69) is 16.0 Å². The van der Waals surface area contributed by atoms with E-state index in [1.807, 2.05) is 4.90 Å². The van der Waals surface area contributed by atoms with Gasteiger partial charge in [0.05, 0.1) is 22.5 Å². The number of pyridine rings is 2. The van der Waals surface area contributed by atoms with E-state index in [0.717, 1.165) is 12.1 Å². The summed E-state index contributed by atoms with van der Waals surface area (Å²) < 4.78 is 38.7. The highest BCUT2D eigenvalue weighted by Gasteiger charge is 2.31. The highest BCUT2D eigenvalue weighted by atomic mass is 19.4. The molecule has 1 aliphatic heterocycles. The second-order valence-electron chi connectivity index (χ2n) is 6.42. The average molecular weight is 376 g/mol. The van der Waals surface area contributed by atoms with Gasteiger partial charge in [-0.1, -0.05) is 0 Å². The maximum atomic E-state index is 12.9. The number of rotatable bonds is 2. The van der Waals surface area contributed by atoms with Crippen molar-refractivity contribution in [2.75, 3.05) is 41.7 Å². The number of aryl methyl sites for hydroxylation is 1. The molecular formula is C18H19F3N6. The number of aromatic nitrogens is 2. The van der Waals surface area contributed by atoms with Crippen molar-refractivity contribution in [2.24, 2.45) is 0 Å². The molecule has 0 aliphatic carbocycles. The van der Waals surface area contributed by atoms with Gasteiger partial charge in [0, 0.05) is 32.4 Å². The van der Waals surface area contributed by atoms with Gasteiger partial charge in [-0.25, -0.2) is 9.97 Å². The molecule has 3 heterocycles. The van der Waals surface area contributed by atoms with Crippen LogP contribution >= 0.6 is 0 Å². The van der Waals surface area contributed by atoms with Crippen LogP contribution in [0.1, 0.15) is 22.4 Å². The number of alkyl halides is 3. The summed E-state index contributed by atoms with van der Waals surface area (Å²) in [4.78, 5) is 12.3. The number of nitrogens with zero attached hydrogens (tertiary/aromatic N) is 5. The van der Waals surface area contributed by atoms with Crippen molar-refractivity contribution < 1.29 is 13.2 Å². The van der Waals surface area contributed by atoms with Gasteiger partial charge in [0.1, 0.15) is 17.7 Å². The molecule has 0 amide bonds. The Balaban J connectivity index is 1.80. The number of halogens is 3. The van der Waals surface area contributed by atoms with E-state index < -0.39 is 11.7 Å². The Morgan fingerprint density at radius 1 is 1.15 bits per heavy atom. The lowest BCUT2D eigenvalue weighted by atomic mass is 10.1. The second kappa shape index (κ2) is 6.95. The fourth-order valence-corrected chi connectivity index (χ4v) is 3.13. The highest BCUT2D eigenvalue weighted by molar-refractivity contribution is 5.67. The van der Waals surface area contributed by atoms with Crippen molar-refractivity contribution in [3.8, 4) is 6.07 Å². The third-order valence-electron chi connectivity index (χ3n) is 4.75. The fourth-order valence-electron chi connectivity index (χ4n) is 3.13. The second-order valence-corrected chi connectivity index (χ2v) is 6.42. The van der Waals surface area contributed by atoms with E-state index in [9.17, 15) is 18.4 Å². The van der Waals surface area contributed by atoms with Crippen LogP contribution in [0.5, 0.6) is 0 Å². The maximum absolute atomic E-state index is 12.9. The summed E-state index contributed by atoms with van der Waals surface area (Å²) in [5, 5.41) is 9.48. The summed E-state index contributed by atoms with van der Waals surface area (Å²) in [5.74, 6) is 0.862. The molecule has 0 saturated carbocycles. The molecule has 142 valence electrons. The molecule has 1 saturated heterocycles. The van der Waals surface area contributed by atoms with Gasteiger partial charge in [0.15, 0.2) is 0 Å². The topological polar surface area (TPSA) is 82.1 Å². The van der Waals surface area contributed by atoms with Crippen molar-refractivity contribution in [3.05, 3.63) is 40.7 Å². The Kier molecular flexibility index (Phi) is 4.83. The van der Waals surface area contributed by atoms with E-state index in [0.29, 0.717) is 60.3 Å². The standard InChI is InChI=1S/C18H19F3N6/c1-11-14(10-22)17(25-12(2)16(11)23)27-7-5-26(6-8-27)15-9-13(3-4-24-15)18(19,20)21/h3-4,9H,5-8,23H2,1-2H3. The summed E-state index contributed by atoms with van der Waals surface area (Å²) >= 11 is 0. The molecule has 9 heteroatoms. The van der Waals surface area contributed by atoms with Crippen LogP contribution in [0.4, 0.5) is 30.5 Å². The van der Waals surface area contributed by atoms with Crippen LogP contribution in [-0.4, -0.2) is 36.1 Å². The molecule has 0 aromatic carbocycles. The Bertz CT molecular complexity index is 895.